The number of carboxylic acid groups (broad SMARTS) is 1. The Bertz CT molecular complexity index is 1430. The average molecular weight is 952 g/mol. The molecule has 0 heterocycles. The highest BCUT2D eigenvalue weighted by molar-refractivity contribution is 7.47. The van der Waals surface area contributed by atoms with Crippen LogP contribution in [0.15, 0.2) is 72.9 Å². The summed E-state index contributed by atoms with van der Waals surface area (Å²) in [7, 11) is -4.77. The van der Waals surface area contributed by atoms with Crippen molar-refractivity contribution in [1.82, 2.24) is 0 Å². The molecule has 1 unspecified atom stereocenters. The molecule has 0 spiro atoms. The van der Waals surface area contributed by atoms with Crippen molar-refractivity contribution in [2.24, 2.45) is 5.73 Å². The maximum Gasteiger partial charge on any atom is 0.472 e. The summed E-state index contributed by atoms with van der Waals surface area (Å²) in [4.78, 5) is 46.2. The summed E-state index contributed by atoms with van der Waals surface area (Å²) >= 11 is 0. The van der Waals surface area contributed by atoms with Gasteiger partial charge in [-0.15, -0.1) is 0 Å². The standard InChI is InChI=1S/C52H90NO12P/c1-3-5-7-8-9-10-11-12-13-14-15-16-17-18-19-20-21-22-26-29-35-42-51(57)65-48(44-63-66(60,61)64-45-49(53)52(58)59)43-62-50(56)41-36-30-34-40-47(55)39-33-28-25-23-24-27-32-38-46(54)37-31-6-4-2/h6,24-25,27-28,31-34,38-40,46-49,54-55H,3-5,7-23,26,29-30,35-37,41-45,53H2,1-2H3,(H,58,59)(H,60,61)/b27-24-,28-25-,31-6-,38-32+,39-33+,40-34-/t46-,47-,48-,49+/m1/s1. The number of aliphatic hydroxyl groups is 2. The van der Waals surface area contributed by atoms with Crippen molar-refractivity contribution in [3.63, 3.8) is 0 Å². The van der Waals surface area contributed by atoms with Gasteiger partial charge in [-0.25, -0.2) is 4.57 Å². The molecule has 0 fully saturated rings. The molecule has 6 N–H and O–H groups in total. The minimum atomic E-state index is -4.77. The van der Waals surface area contributed by atoms with Gasteiger partial charge in [0.1, 0.15) is 12.6 Å². The van der Waals surface area contributed by atoms with E-state index in [0.29, 0.717) is 32.1 Å². The van der Waals surface area contributed by atoms with E-state index in [1.165, 1.54) is 109 Å². The second-order valence-corrected chi connectivity index (χ2v) is 18.4. The zero-order valence-electron chi connectivity index (χ0n) is 40.7. The summed E-state index contributed by atoms with van der Waals surface area (Å²) in [5, 5.41) is 28.9. The summed E-state index contributed by atoms with van der Waals surface area (Å²) in [6, 6.07) is -1.55. The molecule has 0 aliphatic rings. The highest BCUT2D eigenvalue weighted by Gasteiger charge is 2.28. The summed E-state index contributed by atoms with van der Waals surface area (Å²) in [5.41, 5.74) is 5.34. The molecule has 0 aliphatic heterocycles. The van der Waals surface area contributed by atoms with Gasteiger partial charge in [0, 0.05) is 12.8 Å². The number of ether oxygens (including phenoxy) is 2. The van der Waals surface area contributed by atoms with Crippen molar-refractivity contribution in [3.05, 3.63) is 72.9 Å². The van der Waals surface area contributed by atoms with Crippen molar-refractivity contribution in [3.8, 4) is 0 Å². The highest BCUT2D eigenvalue weighted by atomic mass is 31.2. The van der Waals surface area contributed by atoms with E-state index in [1.807, 2.05) is 49.5 Å². The minimum Gasteiger partial charge on any atom is -0.480 e. The van der Waals surface area contributed by atoms with Gasteiger partial charge >= 0.3 is 25.7 Å². The Morgan fingerprint density at radius 2 is 1.08 bits per heavy atom. The van der Waals surface area contributed by atoms with Crippen LogP contribution >= 0.6 is 7.82 Å². The smallest absolute Gasteiger partial charge is 0.472 e. The molecule has 0 saturated heterocycles. The van der Waals surface area contributed by atoms with Crippen LogP contribution in [0.2, 0.25) is 0 Å². The topological polar surface area (TPSA) is 212 Å². The van der Waals surface area contributed by atoms with Crippen LogP contribution in [0, 0.1) is 0 Å². The molecule has 66 heavy (non-hydrogen) atoms. The molecule has 0 aliphatic carbocycles. The summed E-state index contributed by atoms with van der Waals surface area (Å²) in [5.74, 6) is -2.58. The van der Waals surface area contributed by atoms with E-state index in [0.717, 1.165) is 25.7 Å². The SMILES string of the molecule is CC/C=C\C[C@@H](O)/C=C/C=C\C/C=C\C=C\[C@@H](O)/C=C\CCCC(=O)OC[C@H](COP(=O)(O)OC[C@H](N)C(=O)O)OC(=O)CCCCCCCCCCCCCCCCCCCCCCC. The lowest BCUT2D eigenvalue weighted by Gasteiger charge is -2.20. The van der Waals surface area contributed by atoms with Crippen LogP contribution in [-0.4, -0.2) is 82.3 Å². The predicted molar refractivity (Wildman–Crippen MR) is 266 cm³/mol. The first-order chi connectivity index (χ1) is 31.9. The second kappa shape index (κ2) is 45.6. The molecule has 13 nitrogen and oxygen atoms in total. The van der Waals surface area contributed by atoms with Crippen LogP contribution in [0.4, 0.5) is 0 Å². The Labute approximate surface area is 398 Å². The molecule has 0 aromatic heterocycles. The number of allylic oxidation sites excluding steroid dienone is 8. The lowest BCUT2D eigenvalue weighted by molar-refractivity contribution is -0.161. The molecule has 380 valence electrons. The number of esters is 2. The molecule has 0 rings (SSSR count). The number of hydrogen-bond acceptors (Lipinski definition) is 11. The van der Waals surface area contributed by atoms with E-state index in [-0.39, 0.29) is 12.8 Å². The number of phosphoric ester groups is 1. The maximum atomic E-state index is 12.7. The fourth-order valence-corrected chi connectivity index (χ4v) is 7.47. The minimum absolute atomic E-state index is 0.0340. The normalized spacial score (nSPS) is 15.1. The zero-order valence-corrected chi connectivity index (χ0v) is 41.6. The van der Waals surface area contributed by atoms with Crippen molar-refractivity contribution >= 4 is 25.7 Å². The number of aliphatic carboxylic acids is 1. The van der Waals surface area contributed by atoms with Crippen LogP contribution < -0.4 is 5.73 Å². The Hall–Kier alpha value is -3.16. The molecular weight excluding hydrogens is 862 g/mol. The Morgan fingerprint density at radius 3 is 1.61 bits per heavy atom. The molecule has 14 heteroatoms. The van der Waals surface area contributed by atoms with Crippen molar-refractivity contribution in [2.45, 2.75) is 218 Å². The van der Waals surface area contributed by atoms with Gasteiger partial charge < -0.3 is 35.4 Å². The second-order valence-electron chi connectivity index (χ2n) is 17.0. The summed E-state index contributed by atoms with van der Waals surface area (Å²) < 4.78 is 32.7. The van der Waals surface area contributed by atoms with E-state index < -0.39 is 69.9 Å². The number of aliphatic hydroxyl groups excluding tert-OH is 2. The summed E-state index contributed by atoms with van der Waals surface area (Å²) in [6.45, 7) is 2.45. The van der Waals surface area contributed by atoms with Gasteiger partial charge in [0.2, 0.25) is 0 Å². The number of carbonyl (C=O) groups is 3. The van der Waals surface area contributed by atoms with Gasteiger partial charge in [0.15, 0.2) is 6.10 Å². The van der Waals surface area contributed by atoms with Crippen LogP contribution in [0.25, 0.3) is 0 Å². The number of phosphoric acid groups is 1. The first kappa shape index (κ1) is 62.8. The maximum absolute atomic E-state index is 12.7. The fourth-order valence-electron chi connectivity index (χ4n) is 6.69. The molecule has 0 bridgehead atoms. The van der Waals surface area contributed by atoms with Gasteiger partial charge in [-0.3, -0.25) is 23.4 Å². The van der Waals surface area contributed by atoms with E-state index in [4.69, 9.17) is 24.8 Å². The first-order valence-electron chi connectivity index (χ1n) is 25.2. The van der Waals surface area contributed by atoms with E-state index in [2.05, 4.69) is 11.4 Å². The number of unbranched alkanes of at least 4 members (excludes halogenated alkanes) is 21. The van der Waals surface area contributed by atoms with E-state index >= 15 is 0 Å². The Morgan fingerprint density at radius 1 is 0.576 bits per heavy atom. The van der Waals surface area contributed by atoms with E-state index in [1.54, 1.807) is 30.4 Å². The molecule has 0 radical (unpaired) electrons. The quantitative estimate of drug-likeness (QED) is 0.0126. The fraction of sp³-hybridized carbons (Fsp3) is 0.712. The lowest BCUT2D eigenvalue weighted by Crippen LogP contribution is -2.34. The number of nitrogens with two attached hydrogens (primary N) is 1. The predicted octanol–water partition coefficient (Wildman–Crippen LogP) is 12.0. The van der Waals surface area contributed by atoms with Crippen LogP contribution in [0.3, 0.4) is 0 Å². The number of carbonyl (C=O) groups excluding carboxylic acids is 2. The molecule has 0 saturated carbocycles. The van der Waals surface area contributed by atoms with E-state index in [9.17, 15) is 34.1 Å². The Kier molecular flexibility index (Phi) is 43.4. The monoisotopic (exact) mass is 952 g/mol. The third-order valence-electron chi connectivity index (χ3n) is 10.6. The van der Waals surface area contributed by atoms with Gasteiger partial charge in [-0.1, -0.05) is 215 Å². The average Bonchev–Trinajstić information content (AvgIpc) is 3.28. The molecule has 0 amide bonds. The number of carboxylic acids is 1. The first-order valence-corrected chi connectivity index (χ1v) is 26.7. The van der Waals surface area contributed by atoms with Gasteiger partial charge in [0.25, 0.3) is 0 Å². The lowest BCUT2D eigenvalue weighted by atomic mass is 10.0. The summed E-state index contributed by atoms with van der Waals surface area (Å²) in [6.07, 6.45) is 49.0. The Balaban J connectivity index is 4.46. The number of rotatable bonds is 46. The molecule has 0 aromatic carbocycles. The molecular formula is C52H90NO12P. The third kappa shape index (κ3) is 44.7. The largest absolute Gasteiger partial charge is 0.480 e. The number of hydrogen-bond donors (Lipinski definition) is 5. The van der Waals surface area contributed by atoms with Crippen molar-refractivity contribution in [2.75, 3.05) is 19.8 Å². The van der Waals surface area contributed by atoms with Crippen LogP contribution in [0.5, 0.6) is 0 Å². The zero-order chi connectivity index (χ0) is 48.8. The van der Waals surface area contributed by atoms with Crippen LogP contribution in [-0.2, 0) is 37.5 Å². The highest BCUT2D eigenvalue weighted by Crippen LogP contribution is 2.43. The molecule has 5 atom stereocenters. The van der Waals surface area contributed by atoms with Crippen molar-refractivity contribution < 1.29 is 57.7 Å². The third-order valence-corrected chi connectivity index (χ3v) is 11.6. The molecule has 0 aromatic rings. The van der Waals surface area contributed by atoms with Gasteiger partial charge in [-0.05, 0) is 38.5 Å². The van der Waals surface area contributed by atoms with Gasteiger partial charge in [0.05, 0.1) is 25.4 Å². The van der Waals surface area contributed by atoms with Crippen molar-refractivity contribution in [1.29, 1.82) is 0 Å². The van der Waals surface area contributed by atoms with Gasteiger partial charge in [-0.2, -0.15) is 0 Å². The van der Waals surface area contributed by atoms with Crippen LogP contribution in [0.1, 0.15) is 194 Å².